The first-order chi connectivity index (χ1) is 25.2. The van der Waals surface area contributed by atoms with Gasteiger partial charge in [0.2, 0.25) is 0 Å². The second-order valence-corrected chi connectivity index (χ2v) is 15.9. The van der Waals surface area contributed by atoms with Crippen molar-refractivity contribution in [1.82, 2.24) is 0 Å². The maximum Gasteiger partial charge on any atom is 0.472 e. The third-order valence-corrected chi connectivity index (χ3v) is 10.2. The number of ether oxygens (including phenoxy) is 2. The number of carbonyl (C=O) groups is 2. The molecule has 11 heteroatoms. The topological polar surface area (TPSA) is 155 Å². The summed E-state index contributed by atoms with van der Waals surface area (Å²) >= 11 is 0. The number of phosphoric acid groups is 1. The van der Waals surface area contributed by atoms with Crippen molar-refractivity contribution >= 4 is 19.8 Å². The highest BCUT2D eigenvalue weighted by Gasteiger charge is 2.27. The lowest BCUT2D eigenvalue weighted by molar-refractivity contribution is -0.154. The zero-order valence-electron chi connectivity index (χ0n) is 33.4. The zero-order chi connectivity index (χ0) is 38.4. The van der Waals surface area contributed by atoms with Crippen LogP contribution < -0.4 is 5.73 Å². The Kier molecular flexibility index (Phi) is 37.1. The van der Waals surface area contributed by atoms with Crippen LogP contribution in [-0.2, 0) is 32.7 Å². The lowest BCUT2D eigenvalue weighted by Gasteiger charge is -2.20. The maximum atomic E-state index is 12.6. The molecule has 0 radical (unpaired) electrons. The van der Waals surface area contributed by atoms with Crippen LogP contribution in [0.2, 0.25) is 0 Å². The first-order valence-corrected chi connectivity index (χ1v) is 22.7. The molecule has 0 aliphatic rings. The highest BCUT2D eigenvalue weighted by molar-refractivity contribution is 7.47. The van der Waals surface area contributed by atoms with Gasteiger partial charge in [0.25, 0.3) is 0 Å². The Morgan fingerprint density at radius 3 is 1.46 bits per heavy atom. The van der Waals surface area contributed by atoms with Crippen LogP contribution in [0.5, 0.6) is 0 Å². The fourth-order valence-corrected chi connectivity index (χ4v) is 6.73. The monoisotopic (exact) mass is 762 g/mol. The van der Waals surface area contributed by atoms with Gasteiger partial charge in [0.05, 0.1) is 19.8 Å². The van der Waals surface area contributed by atoms with Gasteiger partial charge in [-0.2, -0.15) is 0 Å². The van der Waals surface area contributed by atoms with E-state index >= 15 is 0 Å². The Morgan fingerprint density at radius 1 is 0.596 bits per heavy atom. The van der Waals surface area contributed by atoms with E-state index in [4.69, 9.17) is 29.4 Å². The molecule has 3 atom stereocenters. The van der Waals surface area contributed by atoms with Crippen LogP contribution in [-0.4, -0.2) is 60.5 Å². The summed E-state index contributed by atoms with van der Waals surface area (Å²) in [6, 6.07) is -1.47. The molecule has 0 bridgehead atoms. The van der Waals surface area contributed by atoms with Gasteiger partial charge in [-0.3, -0.25) is 18.6 Å². The van der Waals surface area contributed by atoms with Crippen molar-refractivity contribution in [2.24, 2.45) is 5.73 Å². The molecule has 0 aliphatic heterocycles. The van der Waals surface area contributed by atoms with Crippen LogP contribution in [0, 0.1) is 0 Å². The van der Waals surface area contributed by atoms with Crippen LogP contribution in [0.4, 0.5) is 0 Å². The summed E-state index contributed by atoms with van der Waals surface area (Å²) < 4.78 is 33.3. The van der Waals surface area contributed by atoms with Crippen molar-refractivity contribution < 1.29 is 42.7 Å². The largest absolute Gasteiger partial charge is 0.480 e. The quantitative estimate of drug-likeness (QED) is 0.0237. The summed E-state index contributed by atoms with van der Waals surface area (Å²) in [4.78, 5) is 33.4. The fraction of sp³-hybridized carbons (Fsp3) is 0.902. The minimum absolute atomic E-state index is 0.0200. The number of phosphoric ester groups is 1. The first-order valence-electron chi connectivity index (χ1n) is 21.2. The summed E-state index contributed by atoms with van der Waals surface area (Å²) in [6.07, 6.45) is 38.4. The molecule has 308 valence electrons. The number of esters is 1. The average Bonchev–Trinajstić information content (AvgIpc) is 3.12. The Hall–Kier alpha value is -1.29. The lowest BCUT2D eigenvalue weighted by atomic mass is 10.1. The summed E-state index contributed by atoms with van der Waals surface area (Å²) in [5.41, 5.74) is 5.34. The summed E-state index contributed by atoms with van der Waals surface area (Å²) in [6.45, 7) is 3.88. The smallest absolute Gasteiger partial charge is 0.472 e. The number of carbonyl (C=O) groups excluding carboxylic acids is 1. The van der Waals surface area contributed by atoms with E-state index in [9.17, 15) is 19.0 Å². The van der Waals surface area contributed by atoms with Crippen LogP contribution in [0.3, 0.4) is 0 Å². The minimum Gasteiger partial charge on any atom is -0.480 e. The van der Waals surface area contributed by atoms with E-state index < -0.39 is 45.1 Å². The van der Waals surface area contributed by atoms with Crippen molar-refractivity contribution in [3.05, 3.63) is 12.2 Å². The van der Waals surface area contributed by atoms with Gasteiger partial charge < -0.3 is 25.2 Å². The van der Waals surface area contributed by atoms with Crippen LogP contribution in [0.25, 0.3) is 0 Å². The number of aliphatic carboxylic acids is 1. The number of carboxylic acid groups (broad SMARTS) is 1. The average molecular weight is 762 g/mol. The Morgan fingerprint density at radius 2 is 1.00 bits per heavy atom. The predicted molar refractivity (Wildman–Crippen MR) is 212 cm³/mol. The van der Waals surface area contributed by atoms with Gasteiger partial charge in [0.15, 0.2) is 0 Å². The summed E-state index contributed by atoms with van der Waals surface area (Å²) in [7, 11) is -4.61. The summed E-state index contributed by atoms with van der Waals surface area (Å²) in [5.74, 6) is -1.77. The molecule has 4 N–H and O–H groups in total. The molecule has 0 aromatic carbocycles. The van der Waals surface area contributed by atoms with Gasteiger partial charge in [0, 0.05) is 13.0 Å². The second-order valence-electron chi connectivity index (χ2n) is 14.5. The third-order valence-electron chi connectivity index (χ3n) is 9.29. The molecule has 0 saturated heterocycles. The standard InChI is InChI=1S/C41H80NO9P/c1-3-5-7-9-11-13-15-16-17-18-19-20-21-22-24-26-28-30-32-34-48-35-38(36-49-52(46,47)50-37-39(42)41(44)45)51-40(43)33-31-29-27-25-23-14-12-10-8-6-4-2/h17-18,38-39H,3-16,19-37,42H2,1-2H3,(H,44,45)(H,46,47)/b18-17-. The van der Waals surface area contributed by atoms with Crippen molar-refractivity contribution in [3.63, 3.8) is 0 Å². The van der Waals surface area contributed by atoms with Crippen molar-refractivity contribution in [3.8, 4) is 0 Å². The Balaban J connectivity index is 4.17. The van der Waals surface area contributed by atoms with E-state index in [-0.39, 0.29) is 13.0 Å². The second kappa shape index (κ2) is 38.0. The molecule has 0 fully saturated rings. The molecule has 0 aromatic rings. The third kappa shape index (κ3) is 37.0. The number of unbranched alkanes of at least 4 members (excludes halogenated alkanes) is 25. The highest BCUT2D eigenvalue weighted by atomic mass is 31.2. The molecular formula is C41H80NO9P. The van der Waals surface area contributed by atoms with E-state index in [1.807, 2.05) is 0 Å². The molecule has 10 nitrogen and oxygen atoms in total. The van der Waals surface area contributed by atoms with Gasteiger partial charge in [-0.05, 0) is 38.5 Å². The molecule has 0 aromatic heterocycles. The van der Waals surface area contributed by atoms with Crippen LogP contribution in [0.1, 0.15) is 200 Å². The summed E-state index contributed by atoms with van der Waals surface area (Å²) in [5, 5.41) is 8.88. The number of hydrogen-bond acceptors (Lipinski definition) is 8. The van der Waals surface area contributed by atoms with E-state index in [2.05, 4.69) is 26.0 Å². The molecule has 0 saturated carbocycles. The number of carboxylic acids is 1. The fourth-order valence-electron chi connectivity index (χ4n) is 5.95. The zero-order valence-corrected chi connectivity index (χ0v) is 34.3. The molecule has 3 unspecified atom stereocenters. The lowest BCUT2D eigenvalue weighted by Crippen LogP contribution is -2.34. The van der Waals surface area contributed by atoms with Crippen molar-refractivity contribution in [2.45, 2.75) is 212 Å². The minimum atomic E-state index is -4.61. The molecule has 0 heterocycles. The molecule has 0 rings (SSSR count). The van der Waals surface area contributed by atoms with Crippen LogP contribution in [0.15, 0.2) is 12.2 Å². The number of rotatable bonds is 41. The molecule has 0 spiro atoms. The van der Waals surface area contributed by atoms with Gasteiger partial charge in [-0.15, -0.1) is 0 Å². The van der Waals surface area contributed by atoms with Crippen molar-refractivity contribution in [2.75, 3.05) is 26.4 Å². The number of nitrogens with two attached hydrogens (primary N) is 1. The van der Waals surface area contributed by atoms with E-state index in [0.29, 0.717) is 6.61 Å². The predicted octanol–water partition coefficient (Wildman–Crippen LogP) is 11.4. The first kappa shape index (κ1) is 50.7. The van der Waals surface area contributed by atoms with Gasteiger partial charge in [-0.25, -0.2) is 4.57 Å². The van der Waals surface area contributed by atoms with Gasteiger partial charge in [0.1, 0.15) is 12.1 Å². The normalized spacial score (nSPS) is 14.1. The van der Waals surface area contributed by atoms with Gasteiger partial charge in [-0.1, -0.05) is 167 Å². The molecule has 0 amide bonds. The van der Waals surface area contributed by atoms with Crippen LogP contribution >= 0.6 is 7.82 Å². The molecule has 52 heavy (non-hydrogen) atoms. The van der Waals surface area contributed by atoms with E-state index in [0.717, 1.165) is 38.5 Å². The van der Waals surface area contributed by atoms with E-state index in [1.54, 1.807) is 0 Å². The van der Waals surface area contributed by atoms with E-state index in [1.165, 1.54) is 141 Å². The number of allylic oxidation sites excluding steroid dienone is 2. The molecule has 0 aliphatic carbocycles. The molecular weight excluding hydrogens is 681 g/mol. The Labute approximate surface area is 318 Å². The maximum absolute atomic E-state index is 12.6. The Bertz CT molecular complexity index is 888. The van der Waals surface area contributed by atoms with Gasteiger partial charge >= 0.3 is 19.8 Å². The highest BCUT2D eigenvalue weighted by Crippen LogP contribution is 2.43. The SMILES string of the molecule is CCCCCCCCC/C=C\CCCCCCCCCCOCC(COP(=O)(O)OCC(N)C(=O)O)OC(=O)CCCCCCCCCCCCC. The number of hydrogen-bond donors (Lipinski definition) is 3. The van der Waals surface area contributed by atoms with Crippen molar-refractivity contribution in [1.29, 1.82) is 0 Å².